The molecular formula is C15H12BrF2NO. The van der Waals surface area contributed by atoms with Crippen molar-refractivity contribution in [2.45, 2.75) is 11.9 Å². The van der Waals surface area contributed by atoms with Gasteiger partial charge in [0.25, 0.3) is 5.91 Å². The fraction of sp³-hybridized carbons (Fsp3) is 0.133. The van der Waals surface area contributed by atoms with Crippen LogP contribution in [-0.4, -0.2) is 5.91 Å². The van der Waals surface area contributed by atoms with Gasteiger partial charge in [0, 0.05) is 23.5 Å². The summed E-state index contributed by atoms with van der Waals surface area (Å²) in [4.78, 5) is 11.8. The minimum atomic E-state index is -0.767. The second-order valence-electron chi connectivity index (χ2n) is 4.29. The lowest BCUT2D eigenvalue weighted by Gasteiger charge is -2.06. The summed E-state index contributed by atoms with van der Waals surface area (Å²) in [5.74, 6) is -2.04. The van der Waals surface area contributed by atoms with Crippen LogP contribution in [0.3, 0.4) is 0 Å². The first-order valence-corrected chi connectivity index (χ1v) is 7.08. The summed E-state index contributed by atoms with van der Waals surface area (Å²) in [5, 5.41) is 3.39. The monoisotopic (exact) mass is 339 g/mol. The van der Waals surface area contributed by atoms with Crippen molar-refractivity contribution in [2.24, 2.45) is 0 Å². The number of alkyl halides is 1. The van der Waals surface area contributed by atoms with E-state index in [9.17, 15) is 13.6 Å². The van der Waals surface area contributed by atoms with Crippen LogP contribution in [0, 0.1) is 11.6 Å². The number of nitrogens with one attached hydrogen (secondary N) is 1. The minimum absolute atomic E-state index is 0.0282. The van der Waals surface area contributed by atoms with Gasteiger partial charge < -0.3 is 5.32 Å². The molecule has 1 N–H and O–H groups in total. The van der Waals surface area contributed by atoms with Crippen LogP contribution >= 0.6 is 15.9 Å². The van der Waals surface area contributed by atoms with Crippen molar-refractivity contribution < 1.29 is 13.6 Å². The highest BCUT2D eigenvalue weighted by atomic mass is 79.9. The van der Waals surface area contributed by atoms with Gasteiger partial charge in [0.2, 0.25) is 0 Å². The average Bonchev–Trinajstić information content (AvgIpc) is 2.44. The van der Waals surface area contributed by atoms with E-state index in [-0.39, 0.29) is 5.56 Å². The molecule has 0 radical (unpaired) electrons. The van der Waals surface area contributed by atoms with E-state index in [1.54, 1.807) is 0 Å². The molecule has 0 aromatic heterocycles. The van der Waals surface area contributed by atoms with Gasteiger partial charge in [0.15, 0.2) is 0 Å². The number of amides is 1. The zero-order valence-electron chi connectivity index (χ0n) is 10.5. The molecule has 0 aliphatic carbocycles. The molecule has 5 heteroatoms. The van der Waals surface area contributed by atoms with Gasteiger partial charge in [-0.1, -0.05) is 40.2 Å². The summed E-state index contributed by atoms with van der Waals surface area (Å²) in [7, 11) is 0. The van der Waals surface area contributed by atoms with Crippen LogP contribution in [0.1, 0.15) is 21.5 Å². The summed E-state index contributed by atoms with van der Waals surface area (Å²) in [6.45, 7) is 0.305. The highest BCUT2D eigenvalue weighted by Gasteiger charge is 2.08. The molecule has 20 heavy (non-hydrogen) atoms. The Morgan fingerprint density at radius 2 is 1.55 bits per heavy atom. The van der Waals surface area contributed by atoms with Crippen LogP contribution in [0.15, 0.2) is 42.5 Å². The van der Waals surface area contributed by atoms with Gasteiger partial charge in [-0.3, -0.25) is 4.79 Å². The van der Waals surface area contributed by atoms with Crippen molar-refractivity contribution in [1.82, 2.24) is 5.32 Å². The molecule has 0 atom stereocenters. The van der Waals surface area contributed by atoms with Crippen molar-refractivity contribution in [3.05, 3.63) is 70.8 Å². The molecule has 0 saturated heterocycles. The molecule has 0 unspecified atom stereocenters. The van der Waals surface area contributed by atoms with Crippen molar-refractivity contribution in [1.29, 1.82) is 0 Å². The first kappa shape index (κ1) is 14.7. The molecule has 0 saturated carbocycles. The predicted molar refractivity (Wildman–Crippen MR) is 76.6 cm³/mol. The van der Waals surface area contributed by atoms with Crippen molar-refractivity contribution >= 4 is 21.8 Å². The SMILES string of the molecule is O=C(NCc1ccc(CBr)cc1)c1cc(F)cc(F)c1. The van der Waals surface area contributed by atoms with Crippen molar-refractivity contribution in [2.75, 3.05) is 0 Å². The Morgan fingerprint density at radius 3 is 2.10 bits per heavy atom. The molecule has 2 rings (SSSR count). The minimum Gasteiger partial charge on any atom is -0.348 e. The fourth-order valence-electron chi connectivity index (χ4n) is 1.72. The van der Waals surface area contributed by atoms with Crippen LogP contribution in [-0.2, 0) is 11.9 Å². The summed E-state index contributed by atoms with van der Waals surface area (Å²) in [6.07, 6.45) is 0. The molecule has 0 fully saturated rings. The Labute approximate surface area is 123 Å². The van der Waals surface area contributed by atoms with Gasteiger partial charge in [-0.05, 0) is 23.3 Å². The number of benzene rings is 2. The van der Waals surface area contributed by atoms with E-state index in [1.165, 1.54) is 0 Å². The van der Waals surface area contributed by atoms with Crippen LogP contribution in [0.2, 0.25) is 0 Å². The van der Waals surface area contributed by atoms with Crippen LogP contribution in [0.5, 0.6) is 0 Å². The Kier molecular flexibility index (Phi) is 4.84. The van der Waals surface area contributed by atoms with E-state index in [4.69, 9.17) is 0 Å². The fourth-order valence-corrected chi connectivity index (χ4v) is 2.09. The molecule has 1 amide bonds. The lowest BCUT2D eigenvalue weighted by Crippen LogP contribution is -2.23. The average molecular weight is 340 g/mol. The number of carbonyl (C=O) groups is 1. The molecule has 0 heterocycles. The summed E-state index contributed by atoms with van der Waals surface area (Å²) < 4.78 is 26.0. The van der Waals surface area contributed by atoms with E-state index in [2.05, 4.69) is 21.2 Å². The molecule has 104 valence electrons. The molecular weight excluding hydrogens is 328 g/mol. The van der Waals surface area contributed by atoms with Gasteiger partial charge in [-0.25, -0.2) is 8.78 Å². The quantitative estimate of drug-likeness (QED) is 0.843. The molecule has 0 aliphatic rings. The number of hydrogen-bond donors (Lipinski definition) is 1. The third-order valence-electron chi connectivity index (χ3n) is 2.76. The molecule has 0 spiro atoms. The predicted octanol–water partition coefficient (Wildman–Crippen LogP) is 3.79. The molecule has 2 nitrogen and oxygen atoms in total. The van der Waals surface area contributed by atoms with Crippen LogP contribution < -0.4 is 5.32 Å². The van der Waals surface area contributed by atoms with Crippen molar-refractivity contribution in [3.8, 4) is 0 Å². The molecule has 0 bridgehead atoms. The largest absolute Gasteiger partial charge is 0.348 e. The number of halogens is 3. The highest BCUT2D eigenvalue weighted by Crippen LogP contribution is 2.10. The van der Waals surface area contributed by atoms with E-state index in [1.807, 2.05) is 24.3 Å². The summed E-state index contributed by atoms with van der Waals surface area (Å²) in [6, 6.07) is 10.4. The Balaban J connectivity index is 2.00. The Morgan fingerprint density at radius 1 is 1.00 bits per heavy atom. The Hall–Kier alpha value is -1.75. The Bertz CT molecular complexity index is 594. The second kappa shape index (κ2) is 6.61. The lowest BCUT2D eigenvalue weighted by atomic mass is 10.1. The van der Waals surface area contributed by atoms with E-state index in [0.717, 1.165) is 34.7 Å². The van der Waals surface area contributed by atoms with Crippen LogP contribution in [0.25, 0.3) is 0 Å². The van der Waals surface area contributed by atoms with E-state index >= 15 is 0 Å². The molecule has 0 aliphatic heterocycles. The topological polar surface area (TPSA) is 29.1 Å². The van der Waals surface area contributed by atoms with Gasteiger partial charge in [-0.2, -0.15) is 0 Å². The number of hydrogen-bond acceptors (Lipinski definition) is 1. The standard InChI is InChI=1S/C15H12BrF2NO/c16-8-10-1-3-11(4-2-10)9-19-15(20)12-5-13(17)7-14(18)6-12/h1-7H,8-9H2,(H,19,20). The van der Waals surface area contributed by atoms with Gasteiger partial charge in [0.1, 0.15) is 11.6 Å². The third-order valence-corrected chi connectivity index (χ3v) is 3.40. The first-order chi connectivity index (χ1) is 9.58. The lowest BCUT2D eigenvalue weighted by molar-refractivity contribution is 0.0950. The van der Waals surface area contributed by atoms with Gasteiger partial charge in [-0.15, -0.1) is 0 Å². The second-order valence-corrected chi connectivity index (χ2v) is 4.85. The highest BCUT2D eigenvalue weighted by molar-refractivity contribution is 9.08. The maximum absolute atomic E-state index is 13.0. The van der Waals surface area contributed by atoms with Gasteiger partial charge in [0.05, 0.1) is 0 Å². The zero-order chi connectivity index (χ0) is 14.5. The number of rotatable bonds is 4. The molecule has 2 aromatic carbocycles. The van der Waals surface area contributed by atoms with E-state index in [0.29, 0.717) is 6.54 Å². The smallest absolute Gasteiger partial charge is 0.251 e. The van der Waals surface area contributed by atoms with Gasteiger partial charge >= 0.3 is 0 Å². The summed E-state index contributed by atoms with van der Waals surface area (Å²) in [5.41, 5.74) is 2.02. The zero-order valence-corrected chi connectivity index (χ0v) is 12.1. The maximum Gasteiger partial charge on any atom is 0.251 e. The third kappa shape index (κ3) is 3.87. The van der Waals surface area contributed by atoms with Crippen molar-refractivity contribution in [3.63, 3.8) is 0 Å². The summed E-state index contributed by atoms with van der Waals surface area (Å²) >= 11 is 3.35. The van der Waals surface area contributed by atoms with Crippen LogP contribution in [0.4, 0.5) is 8.78 Å². The molecule has 2 aromatic rings. The maximum atomic E-state index is 13.0. The van der Waals surface area contributed by atoms with E-state index < -0.39 is 17.5 Å². The first-order valence-electron chi connectivity index (χ1n) is 5.96. The normalized spacial score (nSPS) is 10.3. The number of carbonyl (C=O) groups excluding carboxylic acids is 1.